The number of aromatic nitrogens is 3. The summed E-state index contributed by atoms with van der Waals surface area (Å²) < 4.78 is 13.9. The predicted octanol–water partition coefficient (Wildman–Crippen LogP) is -4.02. The van der Waals surface area contributed by atoms with Gasteiger partial charge in [0.1, 0.15) is 5.75 Å². The molecule has 1 rings (SSSR count). The number of nitrogens with two attached hydrogens (primary N) is 1. The van der Waals surface area contributed by atoms with Gasteiger partial charge in [-0.1, -0.05) is 0 Å². The minimum absolute atomic E-state index is 0.0826. The summed E-state index contributed by atoms with van der Waals surface area (Å²) in [5.74, 6) is 3.84. The SMILES string of the molecule is Cn1c(=O)n(C)c(=O)n(CCS(=O)CC(=O)NN)c1=O. The van der Waals surface area contributed by atoms with Gasteiger partial charge in [-0.25, -0.2) is 33.9 Å². The van der Waals surface area contributed by atoms with Crippen molar-refractivity contribution in [3.63, 3.8) is 0 Å². The molecular weight excluding hydrogens is 290 g/mol. The minimum atomic E-state index is -1.57. The summed E-state index contributed by atoms with van der Waals surface area (Å²) in [4.78, 5) is 45.9. The molecule has 0 aliphatic heterocycles. The zero-order valence-electron chi connectivity index (χ0n) is 11.0. The van der Waals surface area contributed by atoms with E-state index in [9.17, 15) is 23.4 Å². The van der Waals surface area contributed by atoms with Crippen LogP contribution in [0.5, 0.6) is 0 Å². The summed E-state index contributed by atoms with van der Waals surface area (Å²) in [5.41, 5.74) is -0.492. The lowest BCUT2D eigenvalue weighted by Gasteiger charge is -2.08. The highest BCUT2D eigenvalue weighted by atomic mass is 32.2. The Kier molecular flexibility index (Phi) is 5.16. The van der Waals surface area contributed by atoms with Crippen LogP contribution < -0.4 is 28.3 Å². The first-order valence-corrected chi connectivity index (χ1v) is 6.99. The molecular formula is C9H15N5O5S. The van der Waals surface area contributed by atoms with Crippen LogP contribution in [0.3, 0.4) is 0 Å². The molecule has 0 aliphatic carbocycles. The molecule has 0 saturated heterocycles. The largest absolute Gasteiger partial charge is 0.336 e. The summed E-state index contributed by atoms with van der Waals surface area (Å²) in [6.45, 7) is -0.163. The van der Waals surface area contributed by atoms with E-state index in [1.54, 1.807) is 0 Å². The second-order valence-corrected chi connectivity index (χ2v) is 5.55. The zero-order valence-corrected chi connectivity index (χ0v) is 11.8. The normalized spacial score (nSPS) is 12.2. The molecule has 0 aromatic carbocycles. The van der Waals surface area contributed by atoms with Crippen LogP contribution >= 0.6 is 0 Å². The summed E-state index contributed by atoms with van der Waals surface area (Å²) in [6, 6.07) is 0. The predicted molar refractivity (Wildman–Crippen MR) is 71.4 cm³/mol. The maximum absolute atomic E-state index is 11.8. The summed E-state index contributed by atoms with van der Waals surface area (Å²) >= 11 is 0. The Labute approximate surface area is 115 Å². The van der Waals surface area contributed by atoms with E-state index in [4.69, 9.17) is 5.84 Å². The Balaban J connectivity index is 2.98. The fourth-order valence-electron chi connectivity index (χ4n) is 1.48. The van der Waals surface area contributed by atoms with Crippen molar-refractivity contribution in [2.75, 3.05) is 11.5 Å². The van der Waals surface area contributed by atoms with E-state index in [0.717, 1.165) is 13.7 Å². The lowest BCUT2D eigenvalue weighted by Crippen LogP contribution is -2.53. The van der Waals surface area contributed by atoms with E-state index in [2.05, 4.69) is 0 Å². The van der Waals surface area contributed by atoms with Gasteiger partial charge in [-0.15, -0.1) is 0 Å². The molecule has 1 amide bonds. The fraction of sp³-hybridized carbons (Fsp3) is 0.556. The van der Waals surface area contributed by atoms with Gasteiger partial charge < -0.3 is 0 Å². The van der Waals surface area contributed by atoms with Gasteiger partial charge in [0.05, 0.1) is 0 Å². The monoisotopic (exact) mass is 305 g/mol. The third kappa shape index (κ3) is 3.30. The molecule has 1 heterocycles. The number of rotatable bonds is 5. The topological polar surface area (TPSA) is 138 Å². The van der Waals surface area contributed by atoms with Gasteiger partial charge in [-0.3, -0.25) is 14.4 Å². The van der Waals surface area contributed by atoms with Crippen LogP contribution in [0.15, 0.2) is 14.4 Å². The van der Waals surface area contributed by atoms with Crippen LogP contribution in [0.4, 0.5) is 0 Å². The standard InChI is InChI=1S/C9H15N5O5S/c1-12-7(16)13(2)9(18)14(8(12)17)3-4-20(19)5-6(15)11-10/h3-5,10H2,1-2H3,(H,11,15). The van der Waals surface area contributed by atoms with E-state index in [-0.39, 0.29) is 18.1 Å². The third-order valence-corrected chi connectivity index (χ3v) is 3.83. The van der Waals surface area contributed by atoms with E-state index < -0.39 is 33.8 Å². The highest BCUT2D eigenvalue weighted by Gasteiger charge is 2.12. The first-order valence-electron chi connectivity index (χ1n) is 5.51. The molecule has 112 valence electrons. The molecule has 1 unspecified atom stereocenters. The molecule has 0 bridgehead atoms. The van der Waals surface area contributed by atoms with Crippen molar-refractivity contribution in [1.29, 1.82) is 0 Å². The van der Waals surface area contributed by atoms with Crippen molar-refractivity contribution in [2.24, 2.45) is 19.9 Å². The molecule has 3 N–H and O–H groups in total. The number of carbonyl (C=O) groups is 1. The summed E-state index contributed by atoms with van der Waals surface area (Å²) in [7, 11) is 0.898. The number of nitrogens with zero attached hydrogens (tertiary/aromatic N) is 3. The number of hydrazine groups is 1. The van der Waals surface area contributed by atoms with Gasteiger partial charge in [0.2, 0.25) is 5.91 Å². The maximum atomic E-state index is 11.8. The van der Waals surface area contributed by atoms with Crippen LogP contribution in [0.2, 0.25) is 0 Å². The lowest BCUT2D eigenvalue weighted by molar-refractivity contribution is -0.118. The van der Waals surface area contributed by atoms with Crippen molar-refractivity contribution < 1.29 is 9.00 Å². The smallest absolute Gasteiger partial charge is 0.293 e. The van der Waals surface area contributed by atoms with Crippen LogP contribution in [-0.2, 0) is 36.2 Å². The van der Waals surface area contributed by atoms with Crippen molar-refractivity contribution in [2.45, 2.75) is 6.54 Å². The van der Waals surface area contributed by atoms with Gasteiger partial charge >= 0.3 is 17.1 Å². The first kappa shape index (κ1) is 16.0. The quantitative estimate of drug-likeness (QED) is 0.323. The Morgan fingerprint density at radius 1 is 1.15 bits per heavy atom. The molecule has 0 spiro atoms. The van der Waals surface area contributed by atoms with Crippen molar-refractivity contribution in [3.05, 3.63) is 31.5 Å². The van der Waals surface area contributed by atoms with Crippen LogP contribution in [0.25, 0.3) is 0 Å². The molecule has 1 atom stereocenters. The van der Waals surface area contributed by atoms with Crippen molar-refractivity contribution in [1.82, 2.24) is 19.1 Å². The highest BCUT2D eigenvalue weighted by molar-refractivity contribution is 7.85. The van der Waals surface area contributed by atoms with Crippen molar-refractivity contribution in [3.8, 4) is 0 Å². The lowest BCUT2D eigenvalue weighted by atomic mass is 10.7. The van der Waals surface area contributed by atoms with Gasteiger partial charge in [0, 0.05) is 37.2 Å². The second-order valence-electron chi connectivity index (χ2n) is 3.97. The summed E-state index contributed by atoms with van der Waals surface area (Å²) in [5, 5.41) is 0. The molecule has 11 heteroatoms. The maximum Gasteiger partial charge on any atom is 0.336 e. The van der Waals surface area contributed by atoms with Gasteiger partial charge in [0.15, 0.2) is 0 Å². The molecule has 20 heavy (non-hydrogen) atoms. The van der Waals surface area contributed by atoms with Crippen LogP contribution in [-0.4, -0.2) is 35.3 Å². The van der Waals surface area contributed by atoms with E-state index in [0.29, 0.717) is 0 Å². The number of amides is 1. The zero-order chi connectivity index (χ0) is 15.4. The second kappa shape index (κ2) is 6.43. The van der Waals surface area contributed by atoms with E-state index in [1.807, 2.05) is 5.43 Å². The molecule has 1 aromatic rings. The molecule has 0 saturated carbocycles. The van der Waals surface area contributed by atoms with Gasteiger partial charge in [0.25, 0.3) is 0 Å². The number of carbonyl (C=O) groups excluding carboxylic acids is 1. The third-order valence-electron chi connectivity index (χ3n) is 2.61. The molecule has 10 nitrogen and oxygen atoms in total. The Hall–Kier alpha value is -2.01. The first-order chi connectivity index (χ1) is 9.29. The molecule has 0 radical (unpaired) electrons. The Morgan fingerprint density at radius 3 is 2.10 bits per heavy atom. The molecule has 1 aromatic heterocycles. The fourth-order valence-corrected chi connectivity index (χ4v) is 2.38. The highest BCUT2D eigenvalue weighted by Crippen LogP contribution is 1.84. The average Bonchev–Trinajstić information content (AvgIpc) is 2.42. The average molecular weight is 305 g/mol. The summed E-state index contributed by atoms with van der Waals surface area (Å²) in [6.07, 6.45) is 0. The Morgan fingerprint density at radius 2 is 1.65 bits per heavy atom. The van der Waals surface area contributed by atoms with Crippen LogP contribution in [0.1, 0.15) is 0 Å². The molecule has 0 fully saturated rings. The number of hydrogen-bond acceptors (Lipinski definition) is 6. The van der Waals surface area contributed by atoms with Crippen LogP contribution in [0, 0.1) is 0 Å². The van der Waals surface area contributed by atoms with E-state index >= 15 is 0 Å². The van der Waals surface area contributed by atoms with E-state index in [1.165, 1.54) is 14.1 Å². The van der Waals surface area contributed by atoms with Gasteiger partial charge in [-0.05, 0) is 0 Å². The van der Waals surface area contributed by atoms with Gasteiger partial charge in [-0.2, -0.15) is 0 Å². The Bertz CT molecular complexity index is 675. The molecule has 0 aliphatic rings. The van der Waals surface area contributed by atoms with Crippen molar-refractivity contribution >= 4 is 16.7 Å². The minimum Gasteiger partial charge on any atom is -0.293 e. The number of nitrogens with one attached hydrogen (secondary N) is 1. The number of hydrogen-bond donors (Lipinski definition) is 2.